The molecule has 1 aromatic carbocycles. The van der Waals surface area contributed by atoms with Crippen LogP contribution >= 0.6 is 0 Å². The molecule has 0 fully saturated rings. The normalized spacial score (nSPS) is 12.2. The number of halogens is 8. The zero-order valence-corrected chi connectivity index (χ0v) is 14.9. The fraction of sp³-hybridized carbons (Fsp3) is 0.158. The van der Waals surface area contributed by atoms with Crippen molar-refractivity contribution in [3.63, 3.8) is 0 Å². The summed E-state index contributed by atoms with van der Waals surface area (Å²) in [6.07, 6.45) is -8.62. The summed E-state index contributed by atoms with van der Waals surface area (Å²) in [7, 11) is 0. The van der Waals surface area contributed by atoms with Crippen LogP contribution in [-0.4, -0.2) is 9.97 Å². The SMILES string of the molecule is Cc1c(F)c(Oc2ccnc(C(F)(F)F)c2)nc(-c2ccc(C(F)(F)F)cc2)c1F. The van der Waals surface area contributed by atoms with Crippen LogP contribution in [0.25, 0.3) is 11.3 Å². The van der Waals surface area contributed by atoms with Gasteiger partial charge in [-0.1, -0.05) is 12.1 Å². The Morgan fingerprint density at radius 2 is 1.47 bits per heavy atom. The van der Waals surface area contributed by atoms with E-state index in [0.717, 1.165) is 31.3 Å². The summed E-state index contributed by atoms with van der Waals surface area (Å²) in [5, 5.41) is 0. The molecule has 3 aromatic rings. The summed E-state index contributed by atoms with van der Waals surface area (Å²) in [5.41, 5.74) is -3.50. The highest BCUT2D eigenvalue weighted by Crippen LogP contribution is 2.35. The quantitative estimate of drug-likeness (QED) is 0.438. The van der Waals surface area contributed by atoms with Gasteiger partial charge in [-0.05, 0) is 25.1 Å². The lowest BCUT2D eigenvalue weighted by Gasteiger charge is -2.13. The smallest absolute Gasteiger partial charge is 0.433 e. The largest absolute Gasteiger partial charge is 0.436 e. The van der Waals surface area contributed by atoms with Crippen molar-refractivity contribution in [1.29, 1.82) is 0 Å². The number of hydrogen-bond donors (Lipinski definition) is 0. The summed E-state index contributed by atoms with van der Waals surface area (Å²) in [6.45, 7) is 1.03. The second kappa shape index (κ2) is 7.54. The Morgan fingerprint density at radius 1 is 0.833 bits per heavy atom. The van der Waals surface area contributed by atoms with E-state index in [2.05, 4.69) is 9.97 Å². The van der Waals surface area contributed by atoms with Crippen LogP contribution in [0.4, 0.5) is 35.1 Å². The fourth-order valence-corrected chi connectivity index (χ4v) is 2.45. The van der Waals surface area contributed by atoms with Crippen molar-refractivity contribution in [3.05, 3.63) is 71.1 Å². The van der Waals surface area contributed by atoms with Crippen molar-refractivity contribution in [1.82, 2.24) is 9.97 Å². The number of alkyl halides is 6. The molecule has 0 bridgehead atoms. The van der Waals surface area contributed by atoms with Gasteiger partial charge in [-0.2, -0.15) is 26.3 Å². The minimum atomic E-state index is -4.78. The van der Waals surface area contributed by atoms with E-state index in [-0.39, 0.29) is 5.56 Å². The van der Waals surface area contributed by atoms with Gasteiger partial charge in [0.1, 0.15) is 17.1 Å². The topological polar surface area (TPSA) is 35.0 Å². The lowest BCUT2D eigenvalue weighted by Crippen LogP contribution is -2.08. The van der Waals surface area contributed by atoms with Gasteiger partial charge in [0.2, 0.25) is 0 Å². The molecule has 11 heteroatoms. The maximum atomic E-state index is 14.5. The van der Waals surface area contributed by atoms with Crippen molar-refractivity contribution in [2.24, 2.45) is 0 Å². The predicted molar refractivity (Wildman–Crippen MR) is 88.6 cm³/mol. The maximum absolute atomic E-state index is 14.5. The summed E-state index contributed by atoms with van der Waals surface area (Å²) < 4.78 is 110. The number of rotatable bonds is 3. The van der Waals surface area contributed by atoms with E-state index in [1.165, 1.54) is 0 Å². The molecule has 0 atom stereocenters. The van der Waals surface area contributed by atoms with Gasteiger partial charge in [0, 0.05) is 23.4 Å². The Labute approximate surface area is 164 Å². The van der Waals surface area contributed by atoms with Crippen LogP contribution in [0.2, 0.25) is 0 Å². The molecule has 0 aliphatic heterocycles. The predicted octanol–water partition coefficient (Wildman–Crippen LogP) is 6.56. The fourth-order valence-electron chi connectivity index (χ4n) is 2.45. The zero-order chi connectivity index (χ0) is 22.3. The minimum Gasteiger partial charge on any atom is -0.436 e. The number of pyridine rings is 2. The van der Waals surface area contributed by atoms with Crippen LogP contribution in [0.15, 0.2) is 42.6 Å². The lowest BCUT2D eigenvalue weighted by molar-refractivity contribution is -0.141. The van der Waals surface area contributed by atoms with Crippen LogP contribution in [0.3, 0.4) is 0 Å². The molecule has 158 valence electrons. The van der Waals surface area contributed by atoms with Crippen molar-refractivity contribution >= 4 is 0 Å². The number of hydrogen-bond acceptors (Lipinski definition) is 3. The molecule has 0 spiro atoms. The zero-order valence-electron chi connectivity index (χ0n) is 14.9. The Morgan fingerprint density at radius 3 is 2.03 bits per heavy atom. The lowest BCUT2D eigenvalue weighted by atomic mass is 10.1. The first-order chi connectivity index (χ1) is 13.9. The molecule has 0 saturated heterocycles. The van der Waals surface area contributed by atoms with Crippen LogP contribution in [0.1, 0.15) is 16.8 Å². The van der Waals surface area contributed by atoms with Crippen LogP contribution in [0, 0.1) is 18.6 Å². The Bertz CT molecular complexity index is 1080. The first-order valence-electron chi connectivity index (χ1n) is 8.12. The molecule has 0 N–H and O–H groups in total. The highest BCUT2D eigenvalue weighted by molar-refractivity contribution is 5.62. The number of benzene rings is 1. The molecule has 0 aliphatic carbocycles. The summed E-state index contributed by atoms with van der Waals surface area (Å²) >= 11 is 0. The van der Waals surface area contributed by atoms with Crippen LogP contribution in [-0.2, 0) is 12.4 Å². The minimum absolute atomic E-state index is 0.112. The highest BCUT2D eigenvalue weighted by atomic mass is 19.4. The second-order valence-electron chi connectivity index (χ2n) is 6.07. The van der Waals surface area contributed by atoms with E-state index in [1.54, 1.807) is 0 Å². The van der Waals surface area contributed by atoms with Gasteiger partial charge < -0.3 is 4.74 Å². The van der Waals surface area contributed by atoms with Crippen LogP contribution in [0.5, 0.6) is 11.6 Å². The molecule has 2 aromatic heterocycles. The van der Waals surface area contributed by atoms with E-state index in [1.807, 2.05) is 0 Å². The molecule has 0 unspecified atom stereocenters. The van der Waals surface area contributed by atoms with E-state index in [4.69, 9.17) is 4.74 Å². The maximum Gasteiger partial charge on any atom is 0.433 e. The molecular weight excluding hydrogens is 424 g/mol. The number of ether oxygens (including phenoxy) is 1. The van der Waals surface area contributed by atoms with Gasteiger partial charge in [-0.25, -0.2) is 13.8 Å². The average Bonchev–Trinajstić information content (AvgIpc) is 2.67. The summed E-state index contributed by atoms with van der Waals surface area (Å²) in [4.78, 5) is 6.76. The van der Waals surface area contributed by atoms with Crippen molar-refractivity contribution < 1.29 is 39.9 Å². The first-order valence-corrected chi connectivity index (χ1v) is 8.12. The Balaban J connectivity index is 2.03. The Hall–Kier alpha value is -3.24. The van der Waals surface area contributed by atoms with Gasteiger partial charge in [0.05, 0.1) is 5.56 Å². The van der Waals surface area contributed by atoms with Crippen LogP contribution < -0.4 is 4.74 Å². The van der Waals surface area contributed by atoms with Crippen molar-refractivity contribution in [2.45, 2.75) is 19.3 Å². The standard InChI is InChI=1S/C19H10F8N2O/c1-9-14(20)16(10-2-4-11(5-3-10)18(22,23)24)29-17(15(9)21)30-12-6-7-28-13(8-12)19(25,26)27/h2-8H,1H3. The molecule has 3 nitrogen and oxygen atoms in total. The third kappa shape index (κ3) is 4.34. The van der Waals surface area contributed by atoms with Gasteiger partial charge in [-0.3, -0.25) is 4.98 Å². The average molecular weight is 434 g/mol. The third-order valence-corrected chi connectivity index (χ3v) is 3.99. The van der Waals surface area contributed by atoms with Gasteiger partial charge in [0.25, 0.3) is 5.88 Å². The molecule has 2 heterocycles. The van der Waals surface area contributed by atoms with Crippen molar-refractivity contribution in [2.75, 3.05) is 0 Å². The molecule has 3 rings (SSSR count). The van der Waals surface area contributed by atoms with E-state index in [0.29, 0.717) is 18.2 Å². The third-order valence-electron chi connectivity index (χ3n) is 3.99. The number of aromatic nitrogens is 2. The van der Waals surface area contributed by atoms with E-state index >= 15 is 0 Å². The van der Waals surface area contributed by atoms with E-state index in [9.17, 15) is 35.1 Å². The summed E-state index contributed by atoms with van der Waals surface area (Å²) in [6, 6.07) is 4.75. The molecule has 0 saturated carbocycles. The molecule has 0 aliphatic rings. The van der Waals surface area contributed by atoms with Gasteiger partial charge >= 0.3 is 12.4 Å². The first kappa shape index (κ1) is 21.5. The molecular formula is C19H10F8N2O. The van der Waals surface area contributed by atoms with Crippen molar-refractivity contribution in [3.8, 4) is 22.9 Å². The monoisotopic (exact) mass is 434 g/mol. The molecule has 30 heavy (non-hydrogen) atoms. The molecule has 0 amide bonds. The highest BCUT2D eigenvalue weighted by Gasteiger charge is 2.33. The molecule has 0 radical (unpaired) electrons. The number of nitrogens with zero attached hydrogens (tertiary/aromatic N) is 2. The van der Waals surface area contributed by atoms with Gasteiger partial charge in [0.15, 0.2) is 11.6 Å². The summed E-state index contributed by atoms with van der Waals surface area (Å²) in [5.74, 6) is -3.73. The second-order valence-corrected chi connectivity index (χ2v) is 6.07. The van der Waals surface area contributed by atoms with E-state index < -0.39 is 58.1 Å². The Kier molecular flexibility index (Phi) is 5.40. The van der Waals surface area contributed by atoms with Gasteiger partial charge in [-0.15, -0.1) is 0 Å².